The summed E-state index contributed by atoms with van der Waals surface area (Å²) in [4.78, 5) is 109. The minimum Gasteiger partial charge on any atom is -0.457 e. The van der Waals surface area contributed by atoms with Gasteiger partial charge in [-0.05, 0) is 76.5 Å². The number of aldehydes is 1. The second-order valence-corrected chi connectivity index (χ2v) is 20.6. The number of carbonyl (C=O) groups is 8. The van der Waals surface area contributed by atoms with Crippen molar-refractivity contribution in [3.63, 3.8) is 0 Å². The Morgan fingerprint density at radius 1 is 1.13 bits per heavy atom. The molecule has 6 rings (SSSR count). The van der Waals surface area contributed by atoms with E-state index in [9.17, 15) is 43.5 Å². The quantitative estimate of drug-likeness (QED) is 0.116. The third-order valence-corrected chi connectivity index (χ3v) is 15.9. The van der Waals surface area contributed by atoms with E-state index in [0.717, 1.165) is 18.4 Å². The number of rotatable bonds is 12. The summed E-state index contributed by atoms with van der Waals surface area (Å²) >= 11 is 7.92. The van der Waals surface area contributed by atoms with E-state index in [1.54, 1.807) is 51.3 Å². The number of halogens is 1. The lowest BCUT2D eigenvalue weighted by molar-refractivity contribution is -0.162. The van der Waals surface area contributed by atoms with Gasteiger partial charge in [-0.3, -0.25) is 39.0 Å². The van der Waals surface area contributed by atoms with Crippen molar-refractivity contribution in [3.8, 4) is 0 Å². The largest absolute Gasteiger partial charge is 0.457 e. The summed E-state index contributed by atoms with van der Waals surface area (Å²) in [5.41, 5.74) is -1.30. The van der Waals surface area contributed by atoms with Crippen molar-refractivity contribution < 1.29 is 62.4 Å². The number of hydrogen-bond donors (Lipinski definition) is 3. The van der Waals surface area contributed by atoms with Crippen LogP contribution >= 0.6 is 23.4 Å². The Bertz CT molecular complexity index is 2220. The molecule has 0 radical (unpaired) electrons. The van der Waals surface area contributed by atoms with Crippen LogP contribution in [0.1, 0.15) is 95.0 Å². The number of aliphatic hydroxyl groups is 1. The molecule has 1 aliphatic carbocycles. The van der Waals surface area contributed by atoms with Gasteiger partial charge in [-0.2, -0.15) is 0 Å². The highest BCUT2D eigenvalue weighted by Gasteiger charge is 2.64. The maximum Gasteiger partial charge on any atom is 0.409 e. The van der Waals surface area contributed by atoms with Gasteiger partial charge >= 0.3 is 12.1 Å². The van der Waals surface area contributed by atoms with Crippen LogP contribution in [0.4, 0.5) is 10.5 Å². The molecular formula is C48H64ClN5O13S. The zero-order valence-electron chi connectivity index (χ0n) is 39.9. The first-order chi connectivity index (χ1) is 32.1. The van der Waals surface area contributed by atoms with Crippen molar-refractivity contribution in [2.24, 2.45) is 17.8 Å². The highest BCUT2D eigenvalue weighted by molar-refractivity contribution is 8.00. The molecule has 4 aliphatic heterocycles. The number of nitrogens with zero attached hydrogens (tertiary/aromatic N) is 3. The van der Waals surface area contributed by atoms with Crippen molar-refractivity contribution in [3.05, 3.63) is 52.1 Å². The molecule has 3 N–H and O–H groups in total. The molecule has 4 bridgehead atoms. The minimum absolute atomic E-state index is 0.00866. The molecule has 5 aliphatic rings. The fraction of sp³-hybridized carbons (Fsp3) is 0.625. The highest BCUT2D eigenvalue weighted by atomic mass is 35.5. The van der Waals surface area contributed by atoms with Crippen LogP contribution in [0.2, 0.25) is 5.02 Å². The summed E-state index contributed by atoms with van der Waals surface area (Å²) in [5, 5.41) is 16.4. The van der Waals surface area contributed by atoms with Gasteiger partial charge in [0.15, 0.2) is 12.0 Å². The SMILES string of the molecule is CNC(=O)C1CCC(CN2C(=O)CC(SCCC(=O)N(C)[C@@H](C)C(=O)O[C@H]3CC(=O)N(C)c4cc(cc(C=O)c4Cl)C/C(C)=C/C=C/[C@@H](OC)[C@@]4(O)C[C@H](OC(=O)N4)[C@@H](C)C4O[C@]43C)C2=O)CC1. The Labute approximate surface area is 406 Å². The molecule has 1 aromatic carbocycles. The van der Waals surface area contributed by atoms with E-state index in [0.29, 0.717) is 37.7 Å². The molecule has 1 saturated carbocycles. The van der Waals surface area contributed by atoms with Crippen molar-refractivity contribution in [1.82, 2.24) is 20.4 Å². The van der Waals surface area contributed by atoms with Gasteiger partial charge in [0.25, 0.3) is 0 Å². The minimum atomic E-state index is -1.89. The number of hydrogen-bond acceptors (Lipinski definition) is 14. The number of methoxy groups -OCH3 is 1. The number of esters is 1. The van der Waals surface area contributed by atoms with Gasteiger partial charge in [0.05, 0.1) is 28.5 Å². The third kappa shape index (κ3) is 11.6. The number of allylic oxidation sites excluding steroid dienone is 3. The Morgan fingerprint density at radius 2 is 1.84 bits per heavy atom. The summed E-state index contributed by atoms with van der Waals surface area (Å²) in [5.74, 6) is -2.68. The number of ether oxygens (including phenoxy) is 4. The summed E-state index contributed by atoms with van der Waals surface area (Å²) in [6.07, 6.45) is 3.55. The van der Waals surface area contributed by atoms with Crippen LogP contribution in [0, 0.1) is 17.8 Å². The molecule has 372 valence electrons. The molecule has 18 nitrogen and oxygen atoms in total. The maximum atomic E-state index is 14.3. The zero-order chi connectivity index (χ0) is 49.8. The number of carbonyl (C=O) groups excluding carboxylic acids is 8. The number of alkyl carbamates (subject to hydrolysis) is 1. The molecule has 68 heavy (non-hydrogen) atoms. The predicted molar refractivity (Wildman–Crippen MR) is 252 cm³/mol. The second-order valence-electron chi connectivity index (χ2n) is 18.9. The van der Waals surface area contributed by atoms with E-state index < -0.39 is 83.2 Å². The van der Waals surface area contributed by atoms with Crippen molar-refractivity contribution in [2.45, 2.75) is 133 Å². The van der Waals surface area contributed by atoms with Crippen molar-refractivity contribution in [2.75, 3.05) is 45.5 Å². The number of amides is 6. The Morgan fingerprint density at radius 3 is 2.50 bits per heavy atom. The molecule has 3 saturated heterocycles. The van der Waals surface area contributed by atoms with Crippen LogP contribution < -0.4 is 15.5 Å². The summed E-state index contributed by atoms with van der Waals surface area (Å²) in [7, 11) is 5.95. The molecule has 1 aromatic rings. The smallest absolute Gasteiger partial charge is 0.409 e. The van der Waals surface area contributed by atoms with Gasteiger partial charge in [-0.1, -0.05) is 42.3 Å². The lowest BCUT2D eigenvalue weighted by Gasteiger charge is -2.42. The van der Waals surface area contributed by atoms with Gasteiger partial charge in [0, 0.05) is 77.2 Å². The number of nitrogens with one attached hydrogen (secondary N) is 2. The number of thioether (sulfide) groups is 1. The molecule has 9 atom stereocenters. The first-order valence-electron chi connectivity index (χ1n) is 23.1. The summed E-state index contributed by atoms with van der Waals surface area (Å²) < 4.78 is 23.7. The second kappa shape index (κ2) is 21.9. The maximum absolute atomic E-state index is 14.3. The average molecular weight is 987 g/mol. The standard InChI is InChI=1S/C48H64ClN5O13S/c1-26-10-9-11-36(64-8)48(63)23-34(65-46(62)51-48)27(2)42-47(4,67-42)37(22-39(57)53(7)33-20-30(18-26)19-32(25-55)41(33)49)66-45(61)28(3)52(6)38(56)16-17-68-35-21-40(58)54(44(35)60)24-29-12-14-31(15-13-29)43(59)50-5/h9-11,19-20,25,27-29,31,34-37,42,63H,12-18,21-24H2,1-8H3,(H,50,59)(H,51,62)/b11-9+,26-10+/t27-,28+,29?,31?,34+,35?,36-,37+,42?,47+,48+/m1/s1. The molecule has 0 aromatic heterocycles. The first-order valence-corrected chi connectivity index (χ1v) is 24.5. The van der Waals surface area contributed by atoms with Crippen LogP contribution in [-0.2, 0) is 54.1 Å². The van der Waals surface area contributed by atoms with E-state index in [4.69, 9.17) is 30.5 Å². The summed E-state index contributed by atoms with van der Waals surface area (Å²) in [6.45, 7) is 7.07. The van der Waals surface area contributed by atoms with Gasteiger partial charge in [-0.15, -0.1) is 11.8 Å². The molecule has 6 amide bonds. The van der Waals surface area contributed by atoms with Crippen LogP contribution in [0.15, 0.2) is 35.9 Å². The molecular weight excluding hydrogens is 922 g/mol. The molecule has 20 heteroatoms. The monoisotopic (exact) mass is 985 g/mol. The van der Waals surface area contributed by atoms with Crippen LogP contribution in [0.3, 0.4) is 0 Å². The number of anilines is 1. The number of epoxide rings is 1. The molecule has 4 fully saturated rings. The third-order valence-electron chi connectivity index (χ3n) is 14.2. The highest BCUT2D eigenvalue weighted by Crippen LogP contribution is 2.49. The number of likely N-dealkylation sites (N-methyl/N-ethyl adjacent to an activating group) is 1. The van der Waals surface area contributed by atoms with E-state index >= 15 is 0 Å². The first kappa shape index (κ1) is 52.5. The molecule has 2 unspecified atom stereocenters. The van der Waals surface area contributed by atoms with E-state index in [-0.39, 0.29) is 70.8 Å². The average Bonchev–Trinajstić information content (AvgIpc) is 3.94. The van der Waals surface area contributed by atoms with Gasteiger partial charge in [-0.25, -0.2) is 9.59 Å². The lowest BCUT2D eigenvalue weighted by Crippen LogP contribution is -2.63. The van der Waals surface area contributed by atoms with Crippen LogP contribution in [-0.4, -0.2) is 150 Å². The fourth-order valence-electron chi connectivity index (χ4n) is 9.72. The fourth-order valence-corrected chi connectivity index (χ4v) is 11.1. The number of imide groups is 1. The lowest BCUT2D eigenvalue weighted by atomic mass is 9.81. The molecule has 4 heterocycles. The van der Waals surface area contributed by atoms with E-state index in [1.165, 1.54) is 54.6 Å². The topological polar surface area (TPSA) is 231 Å². The number of benzene rings is 1. The van der Waals surface area contributed by atoms with Crippen molar-refractivity contribution >= 4 is 76.9 Å². The normalized spacial score (nSPS) is 32.7. The summed E-state index contributed by atoms with van der Waals surface area (Å²) in [6, 6.07) is 2.18. The molecule has 0 spiro atoms. The zero-order valence-corrected chi connectivity index (χ0v) is 41.5. The number of fused-ring (bicyclic) bond motifs is 5. The van der Waals surface area contributed by atoms with Crippen LogP contribution in [0.5, 0.6) is 0 Å². The Balaban J connectivity index is 1.15. The van der Waals surface area contributed by atoms with Crippen molar-refractivity contribution in [1.29, 1.82) is 0 Å². The van der Waals surface area contributed by atoms with E-state index in [1.807, 2.05) is 6.92 Å². The van der Waals surface area contributed by atoms with E-state index in [2.05, 4.69) is 10.6 Å². The Kier molecular flexibility index (Phi) is 16.9. The number of likely N-dealkylation sites (tertiary alicyclic amines) is 1. The Hall–Kier alpha value is -4.82. The predicted octanol–water partition coefficient (Wildman–Crippen LogP) is 4.12. The van der Waals surface area contributed by atoms with Crippen LogP contribution in [0.25, 0.3) is 0 Å². The van der Waals surface area contributed by atoms with Gasteiger partial charge < -0.3 is 39.2 Å². The van der Waals surface area contributed by atoms with Gasteiger partial charge in [0.2, 0.25) is 29.5 Å². The van der Waals surface area contributed by atoms with Gasteiger partial charge in [0.1, 0.15) is 30.0 Å².